The molecule has 0 aliphatic heterocycles. The van der Waals surface area contributed by atoms with Crippen molar-refractivity contribution in [3.63, 3.8) is 0 Å². The van der Waals surface area contributed by atoms with Gasteiger partial charge in [-0.2, -0.15) is 5.10 Å². The molecule has 7 nitrogen and oxygen atoms in total. The molecule has 0 atom stereocenters. The van der Waals surface area contributed by atoms with Gasteiger partial charge >= 0.3 is 12.0 Å². The van der Waals surface area contributed by atoms with Crippen LogP contribution in [-0.4, -0.2) is 40.0 Å². The summed E-state index contributed by atoms with van der Waals surface area (Å²) in [4.78, 5) is 21.8. The minimum Gasteiger partial charge on any atom is -0.481 e. The third-order valence-corrected chi connectivity index (χ3v) is 3.06. The predicted molar refractivity (Wildman–Crippen MR) is 79.0 cm³/mol. The fourth-order valence-corrected chi connectivity index (χ4v) is 1.94. The second-order valence-electron chi connectivity index (χ2n) is 5.01. The van der Waals surface area contributed by atoms with Crippen LogP contribution < -0.4 is 10.6 Å². The van der Waals surface area contributed by atoms with Gasteiger partial charge in [-0.25, -0.2) is 4.79 Å². The number of hydrogen-bond acceptors (Lipinski definition) is 3. The summed E-state index contributed by atoms with van der Waals surface area (Å²) in [6, 6.07) is -0.163. The number of aliphatic carboxylic acids is 1. The number of aryl methyl sites for hydroxylation is 1. The van der Waals surface area contributed by atoms with Crippen molar-refractivity contribution >= 4 is 12.0 Å². The molecule has 0 fully saturated rings. The number of hydrogen-bond donors (Lipinski definition) is 3. The highest BCUT2D eigenvalue weighted by atomic mass is 16.4. The fraction of sp³-hybridized carbons (Fsp3) is 0.643. The minimum atomic E-state index is -0.749. The Balaban J connectivity index is 1.93. The second-order valence-corrected chi connectivity index (χ2v) is 5.01. The van der Waals surface area contributed by atoms with Gasteiger partial charge in [-0.1, -0.05) is 12.8 Å². The third-order valence-electron chi connectivity index (χ3n) is 3.06. The number of carbonyl (C=O) groups excluding carboxylic acids is 1. The van der Waals surface area contributed by atoms with Crippen LogP contribution in [0.4, 0.5) is 4.79 Å². The van der Waals surface area contributed by atoms with Crippen molar-refractivity contribution in [3.05, 3.63) is 18.0 Å². The van der Waals surface area contributed by atoms with Gasteiger partial charge in [0, 0.05) is 32.8 Å². The number of carboxylic acid groups (broad SMARTS) is 1. The summed E-state index contributed by atoms with van der Waals surface area (Å²) in [5.41, 5.74) is 1.09. The van der Waals surface area contributed by atoms with Gasteiger partial charge in [0.2, 0.25) is 0 Å². The molecule has 3 N–H and O–H groups in total. The number of unbranched alkanes of at least 4 members (excludes halogenated alkanes) is 3. The van der Waals surface area contributed by atoms with E-state index in [1.54, 1.807) is 10.9 Å². The summed E-state index contributed by atoms with van der Waals surface area (Å²) in [7, 11) is 1.86. The lowest BCUT2D eigenvalue weighted by atomic mass is 10.1. The molecule has 1 aromatic rings. The van der Waals surface area contributed by atoms with Crippen LogP contribution >= 0.6 is 0 Å². The lowest BCUT2D eigenvalue weighted by Gasteiger charge is -2.06. The molecule has 0 aliphatic carbocycles. The molecule has 0 bridgehead atoms. The van der Waals surface area contributed by atoms with E-state index in [9.17, 15) is 9.59 Å². The standard InChI is InChI=1S/C14H24N4O3/c1-18-11-12(10-17-18)7-9-16-14(21)15-8-5-3-2-4-6-13(19)20/h10-11H,2-9H2,1H3,(H,19,20)(H2,15,16,21). The highest BCUT2D eigenvalue weighted by Gasteiger charge is 2.01. The van der Waals surface area contributed by atoms with Gasteiger partial charge in [-0.15, -0.1) is 0 Å². The van der Waals surface area contributed by atoms with Crippen molar-refractivity contribution in [2.75, 3.05) is 13.1 Å². The van der Waals surface area contributed by atoms with E-state index < -0.39 is 5.97 Å². The van der Waals surface area contributed by atoms with Crippen LogP contribution in [0.1, 0.15) is 37.7 Å². The van der Waals surface area contributed by atoms with Gasteiger partial charge in [0.05, 0.1) is 6.20 Å². The number of nitrogens with one attached hydrogen (secondary N) is 2. The highest BCUT2D eigenvalue weighted by molar-refractivity contribution is 5.73. The third kappa shape index (κ3) is 8.67. The van der Waals surface area contributed by atoms with Crippen molar-refractivity contribution in [1.82, 2.24) is 20.4 Å². The molecule has 1 rings (SSSR count). The topological polar surface area (TPSA) is 96.2 Å². The van der Waals surface area contributed by atoms with Crippen LogP contribution in [0.25, 0.3) is 0 Å². The van der Waals surface area contributed by atoms with Crippen molar-refractivity contribution in [2.24, 2.45) is 7.05 Å². The summed E-state index contributed by atoms with van der Waals surface area (Å²) in [6.45, 7) is 1.20. The van der Waals surface area contributed by atoms with E-state index in [0.717, 1.165) is 31.2 Å². The van der Waals surface area contributed by atoms with E-state index in [2.05, 4.69) is 15.7 Å². The molecular weight excluding hydrogens is 272 g/mol. The van der Waals surface area contributed by atoms with Crippen LogP contribution in [0.5, 0.6) is 0 Å². The molecule has 0 spiro atoms. The first-order valence-electron chi connectivity index (χ1n) is 7.29. The number of carbonyl (C=O) groups is 2. The van der Waals surface area contributed by atoms with Gasteiger partial charge in [0.1, 0.15) is 0 Å². The first kappa shape index (κ1) is 17.0. The Labute approximate surface area is 124 Å². The molecule has 118 valence electrons. The normalized spacial score (nSPS) is 10.3. The maximum Gasteiger partial charge on any atom is 0.314 e. The molecular formula is C14H24N4O3. The summed E-state index contributed by atoms with van der Waals surface area (Å²) < 4.78 is 1.74. The van der Waals surface area contributed by atoms with E-state index in [-0.39, 0.29) is 12.5 Å². The average Bonchev–Trinajstić information content (AvgIpc) is 2.83. The van der Waals surface area contributed by atoms with Crippen LogP contribution in [0.3, 0.4) is 0 Å². The van der Waals surface area contributed by atoms with Crippen molar-refractivity contribution in [2.45, 2.75) is 38.5 Å². The Morgan fingerprint density at radius 1 is 1.19 bits per heavy atom. The average molecular weight is 296 g/mol. The van der Waals surface area contributed by atoms with Gasteiger partial charge in [-0.05, 0) is 24.8 Å². The van der Waals surface area contributed by atoms with Gasteiger partial charge < -0.3 is 15.7 Å². The lowest BCUT2D eigenvalue weighted by Crippen LogP contribution is -2.37. The molecule has 0 aliphatic rings. The van der Waals surface area contributed by atoms with Gasteiger partial charge in [-0.3, -0.25) is 9.48 Å². The molecule has 1 heterocycles. The van der Waals surface area contributed by atoms with E-state index in [4.69, 9.17) is 5.11 Å². The smallest absolute Gasteiger partial charge is 0.314 e. The zero-order valence-electron chi connectivity index (χ0n) is 12.5. The zero-order valence-corrected chi connectivity index (χ0v) is 12.5. The maximum absolute atomic E-state index is 11.5. The minimum absolute atomic E-state index is 0.163. The van der Waals surface area contributed by atoms with Crippen molar-refractivity contribution < 1.29 is 14.7 Å². The summed E-state index contributed by atoms with van der Waals surface area (Å²) >= 11 is 0. The largest absolute Gasteiger partial charge is 0.481 e. The monoisotopic (exact) mass is 296 g/mol. The van der Waals surface area contributed by atoms with E-state index in [1.807, 2.05) is 13.2 Å². The Morgan fingerprint density at radius 3 is 2.57 bits per heavy atom. The number of aromatic nitrogens is 2. The Kier molecular flexibility index (Phi) is 7.93. The van der Waals surface area contributed by atoms with Crippen LogP contribution in [0.2, 0.25) is 0 Å². The predicted octanol–water partition coefficient (Wildman–Crippen LogP) is 1.30. The highest BCUT2D eigenvalue weighted by Crippen LogP contribution is 2.02. The number of urea groups is 1. The SMILES string of the molecule is Cn1cc(CCNC(=O)NCCCCCCC(=O)O)cn1. The molecule has 0 saturated heterocycles. The second kappa shape index (κ2) is 9.79. The molecule has 0 saturated carbocycles. The van der Waals surface area contributed by atoms with Crippen LogP contribution in [0.15, 0.2) is 12.4 Å². The van der Waals surface area contributed by atoms with Crippen LogP contribution in [0, 0.1) is 0 Å². The number of nitrogens with zero attached hydrogens (tertiary/aromatic N) is 2. The summed E-state index contributed by atoms with van der Waals surface area (Å²) in [6.07, 6.45) is 8.09. The van der Waals surface area contributed by atoms with E-state index in [0.29, 0.717) is 19.5 Å². The number of rotatable bonds is 10. The molecule has 1 aromatic heterocycles. The zero-order chi connectivity index (χ0) is 15.5. The van der Waals surface area contributed by atoms with Crippen LogP contribution in [-0.2, 0) is 18.3 Å². The molecule has 0 aromatic carbocycles. The van der Waals surface area contributed by atoms with E-state index in [1.165, 1.54) is 0 Å². The first-order chi connectivity index (χ1) is 10.1. The lowest BCUT2D eigenvalue weighted by molar-refractivity contribution is -0.137. The molecule has 21 heavy (non-hydrogen) atoms. The number of carboxylic acids is 1. The fourth-order valence-electron chi connectivity index (χ4n) is 1.94. The van der Waals surface area contributed by atoms with Gasteiger partial charge in [0.15, 0.2) is 0 Å². The maximum atomic E-state index is 11.5. The number of amides is 2. The Bertz CT molecular complexity index is 445. The molecule has 0 radical (unpaired) electrons. The quantitative estimate of drug-likeness (QED) is 0.567. The first-order valence-corrected chi connectivity index (χ1v) is 7.29. The van der Waals surface area contributed by atoms with E-state index >= 15 is 0 Å². The Morgan fingerprint density at radius 2 is 1.90 bits per heavy atom. The molecule has 0 unspecified atom stereocenters. The van der Waals surface area contributed by atoms with Crippen molar-refractivity contribution in [1.29, 1.82) is 0 Å². The molecule has 2 amide bonds. The summed E-state index contributed by atoms with van der Waals surface area (Å²) in [5.74, 6) is -0.749. The summed E-state index contributed by atoms with van der Waals surface area (Å²) in [5, 5.41) is 18.1. The Hall–Kier alpha value is -2.05. The van der Waals surface area contributed by atoms with Gasteiger partial charge in [0.25, 0.3) is 0 Å². The van der Waals surface area contributed by atoms with Crippen molar-refractivity contribution in [3.8, 4) is 0 Å². The molecule has 7 heteroatoms.